The van der Waals surface area contributed by atoms with Crippen molar-refractivity contribution < 1.29 is 27.9 Å². The summed E-state index contributed by atoms with van der Waals surface area (Å²) in [6.45, 7) is 6.32. The maximum absolute atomic E-state index is 13.2. The topological polar surface area (TPSA) is 177 Å². The quantitative estimate of drug-likeness (QED) is 0.382. The van der Waals surface area contributed by atoms with Crippen LogP contribution in [0.5, 0.6) is 0 Å². The van der Waals surface area contributed by atoms with Gasteiger partial charge in [-0.05, 0) is 71.1 Å². The van der Waals surface area contributed by atoms with Gasteiger partial charge in [0.25, 0.3) is 11.8 Å². The molecule has 220 valence electrons. The number of rotatable bonds is 7. The molecule has 41 heavy (non-hydrogen) atoms. The number of nitrogens with two attached hydrogens (primary N) is 1. The lowest BCUT2D eigenvalue weighted by Gasteiger charge is -2.35. The Morgan fingerprint density at radius 3 is 2.51 bits per heavy atom. The first-order valence-corrected chi connectivity index (χ1v) is 15.3. The minimum Gasteiger partial charge on any atom is -0.478 e. The third-order valence-electron chi connectivity index (χ3n) is 8.19. The van der Waals surface area contributed by atoms with Gasteiger partial charge >= 0.3 is 5.97 Å². The summed E-state index contributed by atoms with van der Waals surface area (Å²) < 4.78 is 29.7. The van der Waals surface area contributed by atoms with Gasteiger partial charge in [-0.3, -0.25) is 9.59 Å². The van der Waals surface area contributed by atoms with E-state index in [1.165, 1.54) is 10.4 Å². The van der Waals surface area contributed by atoms with Crippen molar-refractivity contribution in [1.29, 1.82) is 0 Å². The van der Waals surface area contributed by atoms with Gasteiger partial charge in [0.15, 0.2) is 0 Å². The van der Waals surface area contributed by atoms with Crippen LogP contribution in [0.2, 0.25) is 0 Å². The van der Waals surface area contributed by atoms with Gasteiger partial charge in [-0.1, -0.05) is 6.08 Å². The van der Waals surface area contributed by atoms with Crippen molar-refractivity contribution in [2.75, 3.05) is 18.4 Å². The molecule has 2 aromatic rings. The first-order valence-electron chi connectivity index (χ1n) is 13.8. The van der Waals surface area contributed by atoms with Gasteiger partial charge in [-0.2, -0.15) is 5.10 Å². The predicted octanol–water partition coefficient (Wildman–Crippen LogP) is 2.11. The molecule has 3 heterocycles. The average Bonchev–Trinajstić information content (AvgIpc) is 3.23. The van der Waals surface area contributed by atoms with E-state index in [0.717, 1.165) is 5.69 Å². The van der Waals surface area contributed by atoms with Crippen molar-refractivity contribution in [1.82, 2.24) is 19.4 Å². The van der Waals surface area contributed by atoms with Crippen LogP contribution < -0.4 is 16.4 Å². The Labute approximate surface area is 239 Å². The Morgan fingerprint density at radius 2 is 1.90 bits per heavy atom. The molecule has 2 aliphatic heterocycles. The summed E-state index contributed by atoms with van der Waals surface area (Å²) in [5.41, 5.74) is 8.98. The summed E-state index contributed by atoms with van der Waals surface area (Å²) >= 11 is 0. The number of carboxylic acid groups (broad SMARTS) is 1. The van der Waals surface area contributed by atoms with Crippen molar-refractivity contribution >= 4 is 33.5 Å². The molecule has 0 spiro atoms. The Hall–Kier alpha value is -3.71. The van der Waals surface area contributed by atoms with Crippen molar-refractivity contribution in [3.05, 3.63) is 52.4 Å². The first-order chi connectivity index (χ1) is 19.3. The number of anilines is 1. The molecule has 0 bridgehead atoms. The highest BCUT2D eigenvalue weighted by atomic mass is 32.2. The lowest BCUT2D eigenvalue weighted by Crippen LogP contribution is -2.49. The second-order valence-electron chi connectivity index (χ2n) is 11.7. The second-order valence-corrected chi connectivity index (χ2v) is 13.9. The Balaban J connectivity index is 1.33. The monoisotopic (exact) mass is 584 g/mol. The van der Waals surface area contributed by atoms with Crippen LogP contribution in [0, 0.1) is 6.92 Å². The van der Waals surface area contributed by atoms with Gasteiger partial charge < -0.3 is 21.5 Å². The molecule has 5 N–H and O–H groups in total. The SMILES string of the molecule is Cc1nn(-c2ccc(C(N)=O)c(NC3CCN(S(=O)(=O)C4CC=C(C(=O)O)CC4)CC3)c2)c2c1C(=O)NC(C)(C)C2. The summed E-state index contributed by atoms with van der Waals surface area (Å²) in [6, 6.07) is 5.09. The van der Waals surface area contributed by atoms with Crippen LogP contribution >= 0.6 is 0 Å². The number of piperidine rings is 1. The summed E-state index contributed by atoms with van der Waals surface area (Å²) in [6.07, 6.45) is 3.88. The molecule has 1 aliphatic carbocycles. The fraction of sp³-hybridized carbons (Fsp3) is 0.500. The van der Waals surface area contributed by atoms with Crippen molar-refractivity contribution in [2.45, 2.75) is 76.1 Å². The number of benzene rings is 1. The number of carbonyl (C=O) groups excluding carboxylic acids is 2. The molecule has 1 saturated heterocycles. The molecule has 2 amide bonds. The van der Waals surface area contributed by atoms with E-state index in [1.54, 1.807) is 29.8 Å². The number of allylic oxidation sites excluding steroid dienone is 1. The molecule has 1 aromatic carbocycles. The largest absolute Gasteiger partial charge is 0.478 e. The number of carboxylic acids is 1. The van der Waals surface area contributed by atoms with Crippen LogP contribution in [-0.4, -0.2) is 75.3 Å². The Morgan fingerprint density at radius 1 is 1.20 bits per heavy atom. The van der Waals surface area contributed by atoms with E-state index in [4.69, 9.17) is 10.8 Å². The molecule has 0 radical (unpaired) electrons. The number of hydrogen-bond acceptors (Lipinski definition) is 7. The number of nitrogens with zero attached hydrogens (tertiary/aromatic N) is 3. The van der Waals surface area contributed by atoms with Crippen LogP contribution in [-0.2, 0) is 21.2 Å². The maximum Gasteiger partial charge on any atom is 0.331 e. The van der Waals surface area contributed by atoms with E-state index >= 15 is 0 Å². The Bertz CT molecular complexity index is 1550. The van der Waals surface area contributed by atoms with E-state index in [-0.39, 0.29) is 30.4 Å². The molecule has 12 nitrogen and oxygen atoms in total. The molecule has 5 rings (SSSR count). The highest BCUT2D eigenvalue weighted by molar-refractivity contribution is 7.89. The van der Waals surface area contributed by atoms with Crippen molar-refractivity contribution in [3.63, 3.8) is 0 Å². The number of hydrogen-bond donors (Lipinski definition) is 4. The zero-order valence-electron chi connectivity index (χ0n) is 23.4. The van der Waals surface area contributed by atoms with Gasteiger partial charge in [-0.15, -0.1) is 0 Å². The van der Waals surface area contributed by atoms with Gasteiger partial charge in [0, 0.05) is 42.4 Å². The standard InChI is InChI=1S/C28H36N6O6S/c1-16-24-23(15-28(2,3)31-26(24)36)34(32-16)19-6-9-21(25(29)35)22(14-19)30-18-10-12-33(13-11-18)41(39,40)20-7-4-17(5-8-20)27(37)38/h4,6,9,14,18,20,30H,5,7-8,10-13,15H2,1-3H3,(H2,29,35)(H,31,36)(H,37,38). The third kappa shape index (κ3) is 5.60. The number of primary amides is 1. The minimum atomic E-state index is -3.57. The lowest BCUT2D eigenvalue weighted by atomic mass is 9.90. The Kier molecular flexibility index (Phi) is 7.45. The lowest BCUT2D eigenvalue weighted by molar-refractivity contribution is -0.132. The number of aromatic nitrogens is 2. The minimum absolute atomic E-state index is 0.0994. The van der Waals surface area contributed by atoms with Crippen LogP contribution in [0.3, 0.4) is 0 Å². The summed E-state index contributed by atoms with van der Waals surface area (Å²) in [5.74, 6) is -1.76. The maximum atomic E-state index is 13.2. The second kappa shape index (κ2) is 10.6. The molecule has 1 atom stereocenters. The van der Waals surface area contributed by atoms with E-state index < -0.39 is 32.7 Å². The highest BCUT2D eigenvalue weighted by Crippen LogP contribution is 2.31. The average molecular weight is 585 g/mol. The molecule has 1 aromatic heterocycles. The van der Waals surface area contributed by atoms with Crippen LogP contribution in [0.15, 0.2) is 29.8 Å². The molecule has 13 heteroatoms. The van der Waals surface area contributed by atoms with E-state index in [1.807, 2.05) is 13.8 Å². The van der Waals surface area contributed by atoms with E-state index in [9.17, 15) is 22.8 Å². The van der Waals surface area contributed by atoms with Gasteiger partial charge in [0.05, 0.1) is 33.5 Å². The third-order valence-corrected chi connectivity index (χ3v) is 10.5. The van der Waals surface area contributed by atoms with E-state index in [0.29, 0.717) is 67.0 Å². The smallest absolute Gasteiger partial charge is 0.331 e. The van der Waals surface area contributed by atoms with Crippen LogP contribution in [0.1, 0.15) is 78.1 Å². The zero-order valence-corrected chi connectivity index (χ0v) is 24.3. The summed E-state index contributed by atoms with van der Waals surface area (Å²) in [4.78, 5) is 36.2. The van der Waals surface area contributed by atoms with Gasteiger partial charge in [0.2, 0.25) is 10.0 Å². The summed E-state index contributed by atoms with van der Waals surface area (Å²) in [7, 11) is -3.57. The molecule has 1 fully saturated rings. The molecular formula is C28H36N6O6S. The predicted molar refractivity (Wildman–Crippen MR) is 153 cm³/mol. The number of aryl methyl sites for hydroxylation is 1. The van der Waals surface area contributed by atoms with Gasteiger partial charge in [0.1, 0.15) is 0 Å². The normalized spacial score (nSPS) is 21.5. The number of aliphatic carboxylic acids is 1. The van der Waals surface area contributed by atoms with E-state index in [2.05, 4.69) is 15.7 Å². The number of nitrogens with one attached hydrogen (secondary N) is 2. The van der Waals surface area contributed by atoms with Crippen LogP contribution in [0.4, 0.5) is 5.69 Å². The fourth-order valence-electron chi connectivity index (χ4n) is 6.04. The number of fused-ring (bicyclic) bond motifs is 1. The first kappa shape index (κ1) is 28.8. The molecule has 3 aliphatic rings. The zero-order chi connectivity index (χ0) is 29.7. The van der Waals surface area contributed by atoms with Gasteiger partial charge in [-0.25, -0.2) is 22.2 Å². The highest BCUT2D eigenvalue weighted by Gasteiger charge is 2.37. The fourth-order valence-corrected chi connectivity index (χ4v) is 7.93. The summed E-state index contributed by atoms with van der Waals surface area (Å²) in [5, 5.41) is 19.6. The number of amides is 2. The number of sulfonamides is 1. The molecule has 0 saturated carbocycles. The molecular weight excluding hydrogens is 548 g/mol. The van der Waals surface area contributed by atoms with Crippen LogP contribution in [0.25, 0.3) is 5.69 Å². The van der Waals surface area contributed by atoms with Crippen molar-refractivity contribution in [3.8, 4) is 5.69 Å². The molecule has 1 unspecified atom stereocenters. The number of carbonyl (C=O) groups is 3. The van der Waals surface area contributed by atoms with Crippen molar-refractivity contribution in [2.24, 2.45) is 5.73 Å².